The highest BCUT2D eigenvalue weighted by Gasteiger charge is 2.29. The number of morpholine rings is 1. The normalized spacial score (nSPS) is 30.4. The van der Waals surface area contributed by atoms with Crippen LogP contribution in [0.15, 0.2) is 0 Å². The summed E-state index contributed by atoms with van der Waals surface area (Å²) in [7, 11) is 0. The molecule has 3 nitrogen and oxygen atoms in total. The van der Waals surface area contributed by atoms with Gasteiger partial charge in [-0.15, -0.1) is 0 Å². The zero-order valence-corrected chi connectivity index (χ0v) is 11.5. The van der Waals surface area contributed by atoms with Crippen LogP contribution in [0.25, 0.3) is 0 Å². The van der Waals surface area contributed by atoms with Crippen LogP contribution in [0.5, 0.6) is 0 Å². The van der Waals surface area contributed by atoms with Crippen molar-refractivity contribution in [3.63, 3.8) is 0 Å². The number of ether oxygens (including phenoxy) is 1. The number of nitrogens with one attached hydrogen (secondary N) is 1. The largest absolute Gasteiger partial charge is 0.378 e. The van der Waals surface area contributed by atoms with E-state index >= 15 is 0 Å². The zero-order valence-electron chi connectivity index (χ0n) is 11.5. The first-order valence-corrected chi connectivity index (χ1v) is 7.25. The number of hydrogen-bond donors (Lipinski definition) is 1. The fourth-order valence-electron chi connectivity index (χ4n) is 3.00. The third-order valence-corrected chi connectivity index (χ3v) is 4.21. The van der Waals surface area contributed by atoms with E-state index in [4.69, 9.17) is 4.74 Å². The van der Waals surface area contributed by atoms with Crippen molar-refractivity contribution in [2.45, 2.75) is 57.5 Å². The molecule has 0 saturated carbocycles. The first kappa shape index (κ1) is 13.3. The first-order valence-electron chi connectivity index (χ1n) is 7.25. The average molecular weight is 240 g/mol. The second-order valence-corrected chi connectivity index (χ2v) is 6.14. The molecule has 1 N–H and O–H groups in total. The van der Waals surface area contributed by atoms with Gasteiger partial charge in [0.05, 0.1) is 13.2 Å². The summed E-state index contributed by atoms with van der Waals surface area (Å²) in [4.78, 5) is 2.60. The van der Waals surface area contributed by atoms with E-state index in [2.05, 4.69) is 24.1 Å². The predicted molar refractivity (Wildman–Crippen MR) is 71.3 cm³/mol. The smallest absolute Gasteiger partial charge is 0.0645 e. The molecule has 17 heavy (non-hydrogen) atoms. The molecular formula is C14H28N2O. The molecule has 2 saturated heterocycles. The van der Waals surface area contributed by atoms with Crippen molar-refractivity contribution in [1.82, 2.24) is 10.2 Å². The van der Waals surface area contributed by atoms with Crippen LogP contribution in [0.3, 0.4) is 0 Å². The Hall–Kier alpha value is -0.120. The number of nitrogens with zero attached hydrogens (tertiary/aromatic N) is 1. The van der Waals surface area contributed by atoms with E-state index in [1.807, 2.05) is 0 Å². The summed E-state index contributed by atoms with van der Waals surface area (Å²) < 4.78 is 5.56. The van der Waals surface area contributed by atoms with Gasteiger partial charge >= 0.3 is 0 Å². The van der Waals surface area contributed by atoms with Gasteiger partial charge in [-0.2, -0.15) is 0 Å². The minimum atomic E-state index is 0.234. The van der Waals surface area contributed by atoms with E-state index in [0.29, 0.717) is 0 Å². The molecule has 2 heterocycles. The SMILES string of the molecule is CC1(C)COCCN1CCCC1CCCCN1. The molecule has 1 unspecified atom stereocenters. The Morgan fingerprint density at radius 2 is 2.24 bits per heavy atom. The molecule has 0 aliphatic carbocycles. The summed E-state index contributed by atoms with van der Waals surface area (Å²) in [5.41, 5.74) is 0.234. The maximum absolute atomic E-state index is 5.56. The average Bonchev–Trinajstić information content (AvgIpc) is 2.32. The lowest BCUT2D eigenvalue weighted by Gasteiger charge is -2.42. The predicted octanol–water partition coefficient (Wildman–Crippen LogP) is 2.02. The van der Waals surface area contributed by atoms with Gasteiger partial charge in [-0.05, 0) is 52.6 Å². The van der Waals surface area contributed by atoms with Gasteiger partial charge in [0.25, 0.3) is 0 Å². The number of rotatable bonds is 4. The summed E-state index contributed by atoms with van der Waals surface area (Å²) in [6, 6.07) is 0.785. The van der Waals surface area contributed by atoms with Gasteiger partial charge in [0, 0.05) is 18.1 Å². The summed E-state index contributed by atoms with van der Waals surface area (Å²) in [5.74, 6) is 0. The van der Waals surface area contributed by atoms with Gasteiger partial charge in [0.15, 0.2) is 0 Å². The number of hydrogen-bond acceptors (Lipinski definition) is 3. The minimum absolute atomic E-state index is 0.234. The second kappa shape index (κ2) is 6.17. The van der Waals surface area contributed by atoms with Crippen molar-refractivity contribution in [2.75, 3.05) is 32.8 Å². The van der Waals surface area contributed by atoms with Gasteiger partial charge in [-0.1, -0.05) is 6.42 Å². The zero-order chi connectivity index (χ0) is 12.1. The molecule has 1 atom stereocenters. The minimum Gasteiger partial charge on any atom is -0.378 e. The van der Waals surface area contributed by atoms with Crippen LogP contribution < -0.4 is 5.32 Å². The molecule has 0 amide bonds. The summed E-state index contributed by atoms with van der Waals surface area (Å²) in [6.45, 7) is 9.95. The van der Waals surface area contributed by atoms with E-state index in [1.54, 1.807) is 0 Å². The second-order valence-electron chi connectivity index (χ2n) is 6.14. The summed E-state index contributed by atoms with van der Waals surface area (Å²) in [5, 5.41) is 3.63. The molecule has 3 heteroatoms. The molecule has 0 spiro atoms. The monoisotopic (exact) mass is 240 g/mol. The van der Waals surface area contributed by atoms with Crippen LogP contribution in [0, 0.1) is 0 Å². The highest BCUT2D eigenvalue weighted by atomic mass is 16.5. The highest BCUT2D eigenvalue weighted by Crippen LogP contribution is 2.20. The summed E-state index contributed by atoms with van der Waals surface area (Å²) in [6.07, 6.45) is 6.83. The molecule has 0 radical (unpaired) electrons. The van der Waals surface area contributed by atoms with E-state index in [0.717, 1.165) is 25.8 Å². The van der Waals surface area contributed by atoms with Crippen LogP contribution in [0.2, 0.25) is 0 Å². The van der Waals surface area contributed by atoms with Crippen molar-refractivity contribution in [3.8, 4) is 0 Å². The molecule has 0 aromatic rings. The maximum atomic E-state index is 5.56. The lowest BCUT2D eigenvalue weighted by molar-refractivity contribution is -0.0515. The Morgan fingerprint density at radius 1 is 1.35 bits per heavy atom. The van der Waals surface area contributed by atoms with Crippen molar-refractivity contribution >= 4 is 0 Å². The van der Waals surface area contributed by atoms with Crippen molar-refractivity contribution in [2.24, 2.45) is 0 Å². The molecule has 100 valence electrons. The maximum Gasteiger partial charge on any atom is 0.0645 e. The lowest BCUT2D eigenvalue weighted by Crippen LogP contribution is -2.53. The molecule has 2 rings (SSSR count). The van der Waals surface area contributed by atoms with Crippen LogP contribution >= 0.6 is 0 Å². The Balaban J connectivity index is 1.66. The molecule has 2 fully saturated rings. The Kier molecular flexibility index (Phi) is 4.83. The van der Waals surface area contributed by atoms with Gasteiger partial charge in [-0.25, -0.2) is 0 Å². The van der Waals surface area contributed by atoms with Gasteiger partial charge < -0.3 is 10.1 Å². The third-order valence-electron chi connectivity index (χ3n) is 4.21. The van der Waals surface area contributed by atoms with Gasteiger partial charge in [-0.3, -0.25) is 4.90 Å². The topological polar surface area (TPSA) is 24.5 Å². The highest BCUT2D eigenvalue weighted by molar-refractivity contribution is 4.84. The van der Waals surface area contributed by atoms with Gasteiger partial charge in [0.1, 0.15) is 0 Å². The van der Waals surface area contributed by atoms with Crippen molar-refractivity contribution in [1.29, 1.82) is 0 Å². The van der Waals surface area contributed by atoms with E-state index in [9.17, 15) is 0 Å². The van der Waals surface area contributed by atoms with Crippen molar-refractivity contribution in [3.05, 3.63) is 0 Å². The standard InChI is InChI=1S/C14H28N2O/c1-14(2)12-17-11-10-16(14)9-5-7-13-6-3-4-8-15-13/h13,15H,3-12H2,1-2H3. The van der Waals surface area contributed by atoms with E-state index in [-0.39, 0.29) is 5.54 Å². The van der Waals surface area contributed by atoms with E-state index in [1.165, 1.54) is 45.2 Å². The molecular weight excluding hydrogens is 212 g/mol. The fourth-order valence-corrected chi connectivity index (χ4v) is 3.00. The van der Waals surface area contributed by atoms with Crippen LogP contribution in [-0.4, -0.2) is 49.3 Å². The Morgan fingerprint density at radius 3 is 2.94 bits per heavy atom. The van der Waals surface area contributed by atoms with Crippen LogP contribution in [0.4, 0.5) is 0 Å². The van der Waals surface area contributed by atoms with Gasteiger partial charge in [0.2, 0.25) is 0 Å². The van der Waals surface area contributed by atoms with Crippen molar-refractivity contribution < 1.29 is 4.74 Å². The van der Waals surface area contributed by atoms with E-state index < -0.39 is 0 Å². The first-order chi connectivity index (χ1) is 8.18. The quantitative estimate of drug-likeness (QED) is 0.813. The Bertz CT molecular complexity index is 224. The Labute approximate surface area is 106 Å². The van der Waals surface area contributed by atoms with Crippen LogP contribution in [-0.2, 0) is 4.74 Å². The molecule has 0 aromatic carbocycles. The summed E-state index contributed by atoms with van der Waals surface area (Å²) >= 11 is 0. The third kappa shape index (κ3) is 3.94. The molecule has 0 bridgehead atoms. The molecule has 2 aliphatic heterocycles. The fraction of sp³-hybridized carbons (Fsp3) is 1.00. The molecule has 2 aliphatic rings. The lowest BCUT2D eigenvalue weighted by atomic mass is 9.98. The number of piperidine rings is 1. The van der Waals surface area contributed by atoms with Crippen LogP contribution in [0.1, 0.15) is 46.0 Å². The molecule has 0 aromatic heterocycles.